The van der Waals surface area contributed by atoms with Gasteiger partial charge in [0.1, 0.15) is 0 Å². The number of rotatable bonds is 3. The molecule has 1 aliphatic heterocycles. The molecule has 0 atom stereocenters. The molecule has 0 bridgehead atoms. The molecule has 2 aromatic heterocycles. The number of nitrogens with zero attached hydrogens (tertiary/aromatic N) is 6. The number of nitrogens with one attached hydrogen (secondary N) is 1. The van der Waals surface area contributed by atoms with E-state index in [2.05, 4.69) is 46.2 Å². The molecule has 2 aromatic rings. The Bertz CT molecular complexity index is 576. The van der Waals surface area contributed by atoms with Gasteiger partial charge in [-0.2, -0.15) is 20.1 Å². The summed E-state index contributed by atoms with van der Waals surface area (Å²) >= 11 is 3.37. The minimum atomic E-state index is 0.520. The Labute approximate surface area is 119 Å². The Morgan fingerprint density at radius 2 is 1.89 bits per heavy atom. The minimum Gasteiger partial charge on any atom is -0.357 e. The molecule has 3 heterocycles. The number of hydrogen-bond donors (Lipinski definition) is 1. The molecule has 0 spiro atoms. The molecule has 1 fully saturated rings. The Kier molecular flexibility index (Phi) is 3.33. The van der Waals surface area contributed by atoms with E-state index in [0.717, 1.165) is 17.6 Å². The summed E-state index contributed by atoms with van der Waals surface area (Å²) in [5.41, 5.74) is 0. The molecular formula is C11H14BrN7. The Balaban J connectivity index is 2.01. The van der Waals surface area contributed by atoms with E-state index in [1.165, 1.54) is 12.8 Å². The highest BCUT2D eigenvalue weighted by Gasteiger charge is 2.17. The highest BCUT2D eigenvalue weighted by molar-refractivity contribution is 9.10. The molecule has 8 heteroatoms. The van der Waals surface area contributed by atoms with Gasteiger partial charge in [0.15, 0.2) is 0 Å². The minimum absolute atomic E-state index is 0.520. The van der Waals surface area contributed by atoms with E-state index in [-0.39, 0.29) is 0 Å². The van der Waals surface area contributed by atoms with Crippen LogP contribution in [0.4, 0.5) is 11.9 Å². The summed E-state index contributed by atoms with van der Waals surface area (Å²) in [4.78, 5) is 15.4. The summed E-state index contributed by atoms with van der Waals surface area (Å²) in [6.45, 7) is 1.99. The van der Waals surface area contributed by atoms with Crippen molar-refractivity contribution in [2.24, 2.45) is 0 Å². The summed E-state index contributed by atoms with van der Waals surface area (Å²) in [6.07, 6.45) is 5.90. The van der Waals surface area contributed by atoms with Crippen LogP contribution in [0.1, 0.15) is 12.8 Å². The van der Waals surface area contributed by atoms with Crippen LogP contribution in [0.5, 0.6) is 0 Å². The number of hydrogen-bond acceptors (Lipinski definition) is 6. The first-order valence-electron chi connectivity index (χ1n) is 6.15. The first-order valence-corrected chi connectivity index (χ1v) is 6.95. The van der Waals surface area contributed by atoms with Crippen molar-refractivity contribution in [2.45, 2.75) is 12.8 Å². The van der Waals surface area contributed by atoms with Crippen molar-refractivity contribution in [1.82, 2.24) is 24.7 Å². The summed E-state index contributed by atoms with van der Waals surface area (Å²) < 4.78 is 2.52. The zero-order chi connectivity index (χ0) is 13.2. The zero-order valence-electron chi connectivity index (χ0n) is 10.5. The first-order chi connectivity index (χ1) is 9.26. The lowest BCUT2D eigenvalue weighted by Crippen LogP contribution is -2.22. The van der Waals surface area contributed by atoms with E-state index >= 15 is 0 Å². The monoisotopic (exact) mass is 323 g/mol. The number of halogens is 1. The van der Waals surface area contributed by atoms with Crippen molar-refractivity contribution in [3.63, 3.8) is 0 Å². The van der Waals surface area contributed by atoms with Crippen molar-refractivity contribution in [2.75, 3.05) is 30.4 Å². The average Bonchev–Trinajstić information content (AvgIpc) is 3.09. The molecule has 0 aliphatic carbocycles. The highest BCUT2D eigenvalue weighted by atomic mass is 79.9. The molecule has 0 unspecified atom stereocenters. The maximum absolute atomic E-state index is 4.49. The van der Waals surface area contributed by atoms with Gasteiger partial charge in [-0.1, -0.05) is 0 Å². The smallest absolute Gasteiger partial charge is 0.257 e. The maximum Gasteiger partial charge on any atom is 0.257 e. The molecular weight excluding hydrogens is 310 g/mol. The Morgan fingerprint density at radius 1 is 1.16 bits per heavy atom. The van der Waals surface area contributed by atoms with E-state index in [1.54, 1.807) is 17.9 Å². The van der Waals surface area contributed by atoms with Gasteiger partial charge in [-0.15, -0.1) is 0 Å². The second-order valence-corrected chi connectivity index (χ2v) is 5.22. The van der Waals surface area contributed by atoms with Crippen LogP contribution in [0.25, 0.3) is 5.95 Å². The highest BCUT2D eigenvalue weighted by Crippen LogP contribution is 2.18. The third kappa shape index (κ3) is 2.53. The summed E-state index contributed by atoms with van der Waals surface area (Å²) in [7, 11) is 1.80. The molecule has 19 heavy (non-hydrogen) atoms. The largest absolute Gasteiger partial charge is 0.357 e. The molecule has 1 aliphatic rings. The molecule has 0 radical (unpaired) electrons. The molecule has 1 saturated heterocycles. The van der Waals surface area contributed by atoms with Gasteiger partial charge in [0.05, 0.1) is 10.7 Å². The lowest BCUT2D eigenvalue weighted by Gasteiger charge is -2.16. The standard InChI is InChI=1S/C11H14BrN7/c1-13-9-15-10(18-4-2-3-5-18)17-11(16-9)19-7-8(12)6-14-19/h6-7H,2-5H2,1H3,(H,13,15,16,17). The maximum atomic E-state index is 4.49. The van der Waals surface area contributed by atoms with Crippen molar-refractivity contribution in [3.05, 3.63) is 16.9 Å². The second kappa shape index (κ2) is 5.12. The molecule has 7 nitrogen and oxygen atoms in total. The van der Waals surface area contributed by atoms with E-state index in [1.807, 2.05) is 6.20 Å². The van der Waals surface area contributed by atoms with Crippen LogP contribution in [-0.4, -0.2) is 44.9 Å². The van der Waals surface area contributed by atoms with E-state index in [4.69, 9.17) is 0 Å². The normalized spacial score (nSPS) is 14.9. The van der Waals surface area contributed by atoms with E-state index < -0.39 is 0 Å². The summed E-state index contributed by atoms with van der Waals surface area (Å²) in [6, 6.07) is 0. The second-order valence-electron chi connectivity index (χ2n) is 4.31. The Morgan fingerprint density at radius 3 is 2.53 bits per heavy atom. The number of aromatic nitrogens is 5. The molecule has 0 saturated carbocycles. The van der Waals surface area contributed by atoms with Crippen LogP contribution in [-0.2, 0) is 0 Å². The van der Waals surface area contributed by atoms with Gasteiger partial charge in [-0.25, -0.2) is 4.68 Å². The van der Waals surface area contributed by atoms with Crippen LogP contribution in [0, 0.1) is 0 Å². The predicted molar refractivity (Wildman–Crippen MR) is 75.6 cm³/mol. The summed E-state index contributed by atoms with van der Waals surface area (Å²) in [5, 5.41) is 7.17. The lowest BCUT2D eigenvalue weighted by atomic mass is 10.4. The van der Waals surface area contributed by atoms with Gasteiger partial charge in [0.25, 0.3) is 5.95 Å². The van der Waals surface area contributed by atoms with Crippen molar-refractivity contribution in [3.8, 4) is 5.95 Å². The van der Waals surface area contributed by atoms with Gasteiger partial charge in [0.2, 0.25) is 11.9 Å². The average molecular weight is 324 g/mol. The van der Waals surface area contributed by atoms with Gasteiger partial charge < -0.3 is 10.2 Å². The van der Waals surface area contributed by atoms with Crippen LogP contribution in [0.2, 0.25) is 0 Å². The molecule has 1 N–H and O–H groups in total. The quantitative estimate of drug-likeness (QED) is 0.922. The number of anilines is 2. The van der Waals surface area contributed by atoms with Gasteiger partial charge in [-0.05, 0) is 28.8 Å². The fourth-order valence-electron chi connectivity index (χ4n) is 2.04. The van der Waals surface area contributed by atoms with Crippen LogP contribution >= 0.6 is 15.9 Å². The molecule has 100 valence electrons. The lowest BCUT2D eigenvalue weighted by molar-refractivity contribution is 0.780. The third-order valence-electron chi connectivity index (χ3n) is 2.98. The fraction of sp³-hybridized carbons (Fsp3) is 0.455. The zero-order valence-corrected chi connectivity index (χ0v) is 12.1. The van der Waals surface area contributed by atoms with Crippen molar-refractivity contribution in [1.29, 1.82) is 0 Å². The van der Waals surface area contributed by atoms with Crippen LogP contribution in [0.15, 0.2) is 16.9 Å². The molecule has 0 aromatic carbocycles. The molecule has 0 amide bonds. The topological polar surface area (TPSA) is 71.8 Å². The van der Waals surface area contributed by atoms with Crippen LogP contribution < -0.4 is 10.2 Å². The predicted octanol–water partition coefficient (Wildman–Crippen LogP) is 1.46. The van der Waals surface area contributed by atoms with Crippen molar-refractivity contribution >= 4 is 27.8 Å². The summed E-state index contributed by atoms with van der Waals surface area (Å²) in [5.74, 6) is 1.78. The third-order valence-corrected chi connectivity index (χ3v) is 3.39. The Hall–Kier alpha value is -1.70. The van der Waals surface area contributed by atoms with E-state index in [0.29, 0.717) is 17.8 Å². The fourth-order valence-corrected chi connectivity index (χ4v) is 2.32. The SMILES string of the molecule is CNc1nc(N2CCCC2)nc(-n2cc(Br)cn2)n1. The van der Waals surface area contributed by atoms with Crippen molar-refractivity contribution < 1.29 is 0 Å². The van der Waals surface area contributed by atoms with Gasteiger partial charge in [-0.3, -0.25) is 0 Å². The van der Waals surface area contributed by atoms with E-state index in [9.17, 15) is 0 Å². The first kappa shape index (κ1) is 12.3. The van der Waals surface area contributed by atoms with Crippen LogP contribution in [0.3, 0.4) is 0 Å². The molecule has 3 rings (SSSR count). The van der Waals surface area contributed by atoms with Gasteiger partial charge >= 0.3 is 0 Å². The van der Waals surface area contributed by atoms with Gasteiger partial charge in [0, 0.05) is 26.3 Å².